The van der Waals surface area contributed by atoms with Crippen molar-refractivity contribution in [2.45, 2.75) is 6.18 Å². The van der Waals surface area contributed by atoms with Crippen LogP contribution in [0.3, 0.4) is 0 Å². The first-order valence-electron chi connectivity index (χ1n) is 10.8. The topological polar surface area (TPSA) is 84.9 Å². The standard InChI is InChI=1S/C26H19F3N6O/c1-36-18-13-16(26(27,28)29)12-17(14-18)34-24-20-4-2-6-23(19(20)7-11-32-24)35-25-21(5-3-9-31-25)22-8-10-30-15-33-22/h2-15H,1H3,(H,31,35)(H,32,34). The maximum atomic E-state index is 13.4. The summed E-state index contributed by atoms with van der Waals surface area (Å²) in [5, 5.41) is 7.87. The average Bonchev–Trinajstić information content (AvgIpc) is 2.89. The minimum Gasteiger partial charge on any atom is -0.497 e. The fourth-order valence-corrected chi connectivity index (χ4v) is 3.79. The van der Waals surface area contributed by atoms with E-state index < -0.39 is 11.7 Å². The van der Waals surface area contributed by atoms with E-state index in [9.17, 15) is 13.2 Å². The molecule has 0 aliphatic carbocycles. The highest BCUT2D eigenvalue weighted by Crippen LogP contribution is 2.37. The number of alkyl halides is 3. The van der Waals surface area contributed by atoms with E-state index in [1.807, 2.05) is 36.4 Å². The van der Waals surface area contributed by atoms with E-state index in [1.54, 1.807) is 24.7 Å². The van der Waals surface area contributed by atoms with Crippen LogP contribution in [0.2, 0.25) is 0 Å². The molecule has 0 radical (unpaired) electrons. The highest BCUT2D eigenvalue weighted by molar-refractivity contribution is 6.02. The quantitative estimate of drug-likeness (QED) is 0.278. The number of methoxy groups -OCH3 is 1. The van der Waals surface area contributed by atoms with Gasteiger partial charge in [0, 0.05) is 52.4 Å². The number of nitrogens with one attached hydrogen (secondary N) is 2. The highest BCUT2D eigenvalue weighted by atomic mass is 19.4. The van der Waals surface area contributed by atoms with Gasteiger partial charge in [-0.1, -0.05) is 12.1 Å². The van der Waals surface area contributed by atoms with E-state index >= 15 is 0 Å². The highest BCUT2D eigenvalue weighted by Gasteiger charge is 2.31. The number of aromatic nitrogens is 4. The first kappa shape index (κ1) is 23.0. The number of benzene rings is 2. The molecule has 36 heavy (non-hydrogen) atoms. The summed E-state index contributed by atoms with van der Waals surface area (Å²) in [6.07, 6.45) is 1.87. The van der Waals surface area contributed by atoms with Gasteiger partial charge in [0.2, 0.25) is 0 Å². The van der Waals surface area contributed by atoms with Gasteiger partial charge in [0.15, 0.2) is 0 Å². The van der Waals surface area contributed by atoms with Crippen molar-refractivity contribution in [2.75, 3.05) is 17.7 Å². The van der Waals surface area contributed by atoms with Crippen molar-refractivity contribution in [1.82, 2.24) is 19.9 Å². The summed E-state index contributed by atoms with van der Waals surface area (Å²) in [4.78, 5) is 17.1. The molecule has 0 amide bonds. The zero-order chi connectivity index (χ0) is 25.1. The maximum absolute atomic E-state index is 13.4. The minimum atomic E-state index is -4.52. The Morgan fingerprint density at radius 2 is 1.64 bits per heavy atom. The third-order valence-electron chi connectivity index (χ3n) is 5.46. The molecular weight excluding hydrogens is 469 g/mol. The fraction of sp³-hybridized carbons (Fsp3) is 0.0769. The molecule has 3 aromatic heterocycles. The molecule has 7 nitrogen and oxygen atoms in total. The molecule has 0 aliphatic heterocycles. The largest absolute Gasteiger partial charge is 0.497 e. The number of pyridine rings is 2. The van der Waals surface area contributed by atoms with Gasteiger partial charge in [-0.15, -0.1) is 0 Å². The van der Waals surface area contributed by atoms with Gasteiger partial charge < -0.3 is 15.4 Å². The number of anilines is 4. The van der Waals surface area contributed by atoms with Gasteiger partial charge in [-0.3, -0.25) is 0 Å². The van der Waals surface area contributed by atoms with E-state index in [0.29, 0.717) is 22.7 Å². The molecule has 5 rings (SSSR count). The Labute approximate surface area is 204 Å². The van der Waals surface area contributed by atoms with E-state index in [2.05, 4.69) is 30.6 Å². The Morgan fingerprint density at radius 3 is 2.42 bits per heavy atom. The van der Waals surface area contributed by atoms with Crippen LogP contribution in [0.25, 0.3) is 22.0 Å². The Balaban J connectivity index is 1.53. The molecule has 5 aromatic rings. The molecule has 0 unspecified atom stereocenters. The van der Waals surface area contributed by atoms with Gasteiger partial charge >= 0.3 is 6.18 Å². The van der Waals surface area contributed by atoms with Crippen LogP contribution >= 0.6 is 0 Å². The van der Waals surface area contributed by atoms with E-state index in [1.165, 1.54) is 19.5 Å². The molecule has 2 N–H and O–H groups in total. The zero-order valence-electron chi connectivity index (χ0n) is 18.9. The summed E-state index contributed by atoms with van der Waals surface area (Å²) in [6, 6.07) is 16.3. The van der Waals surface area contributed by atoms with Crippen molar-refractivity contribution >= 4 is 33.8 Å². The molecule has 0 fully saturated rings. The van der Waals surface area contributed by atoms with Crippen LogP contribution in [-0.2, 0) is 6.18 Å². The van der Waals surface area contributed by atoms with Gasteiger partial charge in [-0.25, -0.2) is 19.9 Å². The lowest BCUT2D eigenvalue weighted by Gasteiger charge is -2.16. The molecular formula is C26H19F3N6O. The second-order valence-electron chi connectivity index (χ2n) is 7.75. The fourth-order valence-electron chi connectivity index (χ4n) is 3.79. The van der Waals surface area contributed by atoms with Gasteiger partial charge in [0.25, 0.3) is 0 Å². The summed E-state index contributed by atoms with van der Waals surface area (Å²) in [6.45, 7) is 0. The lowest BCUT2D eigenvalue weighted by molar-refractivity contribution is -0.137. The van der Waals surface area contributed by atoms with Crippen molar-refractivity contribution in [3.05, 3.63) is 91.1 Å². The minimum absolute atomic E-state index is 0.0855. The summed E-state index contributed by atoms with van der Waals surface area (Å²) in [7, 11) is 1.32. The van der Waals surface area contributed by atoms with Gasteiger partial charge in [0.1, 0.15) is 23.7 Å². The number of halogens is 3. The number of hydrogen-bond acceptors (Lipinski definition) is 7. The van der Waals surface area contributed by atoms with Crippen molar-refractivity contribution < 1.29 is 17.9 Å². The van der Waals surface area contributed by atoms with Crippen LogP contribution in [0.15, 0.2) is 85.6 Å². The Hall–Kier alpha value is -4.73. The molecule has 2 aromatic carbocycles. The predicted octanol–water partition coefficient (Wildman–Crippen LogP) is 6.60. The lowest BCUT2D eigenvalue weighted by atomic mass is 10.1. The third kappa shape index (κ3) is 4.74. The molecule has 180 valence electrons. The third-order valence-corrected chi connectivity index (χ3v) is 5.46. The molecule has 0 aliphatic rings. The average molecular weight is 488 g/mol. The lowest BCUT2D eigenvalue weighted by Crippen LogP contribution is -2.06. The van der Waals surface area contributed by atoms with Crippen LogP contribution in [0, 0.1) is 0 Å². The molecule has 0 atom stereocenters. The van der Waals surface area contributed by atoms with Gasteiger partial charge in [0.05, 0.1) is 18.4 Å². The predicted molar refractivity (Wildman–Crippen MR) is 132 cm³/mol. The number of hydrogen-bond donors (Lipinski definition) is 2. The van der Waals surface area contributed by atoms with Crippen LogP contribution in [0.4, 0.5) is 36.2 Å². The van der Waals surface area contributed by atoms with Crippen LogP contribution in [-0.4, -0.2) is 27.0 Å². The normalized spacial score (nSPS) is 11.3. The van der Waals surface area contributed by atoms with Crippen LogP contribution in [0.5, 0.6) is 5.75 Å². The van der Waals surface area contributed by atoms with Crippen molar-refractivity contribution in [2.24, 2.45) is 0 Å². The first-order chi connectivity index (χ1) is 17.4. The van der Waals surface area contributed by atoms with Crippen LogP contribution in [0.1, 0.15) is 5.56 Å². The molecule has 0 spiro atoms. The smallest absolute Gasteiger partial charge is 0.416 e. The second-order valence-corrected chi connectivity index (χ2v) is 7.75. The Morgan fingerprint density at radius 1 is 0.778 bits per heavy atom. The summed E-state index contributed by atoms with van der Waals surface area (Å²) in [5.74, 6) is 1.08. The Kier molecular flexibility index (Phi) is 6.07. The molecule has 10 heteroatoms. The summed E-state index contributed by atoms with van der Waals surface area (Å²) >= 11 is 0. The van der Waals surface area contributed by atoms with Gasteiger partial charge in [-0.2, -0.15) is 13.2 Å². The van der Waals surface area contributed by atoms with Crippen molar-refractivity contribution in [3.8, 4) is 17.0 Å². The Bertz CT molecular complexity index is 1530. The molecule has 3 heterocycles. The summed E-state index contributed by atoms with van der Waals surface area (Å²) < 4.78 is 45.2. The second kappa shape index (κ2) is 9.49. The summed E-state index contributed by atoms with van der Waals surface area (Å²) in [5.41, 5.74) is 1.63. The van der Waals surface area contributed by atoms with Crippen molar-refractivity contribution in [3.63, 3.8) is 0 Å². The number of nitrogens with zero attached hydrogens (tertiary/aromatic N) is 4. The number of fused-ring (bicyclic) bond motifs is 1. The molecule has 0 saturated carbocycles. The van der Waals surface area contributed by atoms with E-state index in [0.717, 1.165) is 28.8 Å². The first-order valence-corrected chi connectivity index (χ1v) is 10.8. The maximum Gasteiger partial charge on any atom is 0.416 e. The van der Waals surface area contributed by atoms with E-state index in [-0.39, 0.29) is 11.4 Å². The molecule has 0 saturated heterocycles. The monoisotopic (exact) mass is 488 g/mol. The SMILES string of the molecule is COc1cc(Nc2nccc3c(Nc4ncccc4-c4ccncn4)cccc23)cc(C(F)(F)F)c1. The number of ether oxygens (including phenoxy) is 1. The number of rotatable bonds is 6. The van der Waals surface area contributed by atoms with Crippen LogP contribution < -0.4 is 15.4 Å². The molecule has 0 bridgehead atoms. The van der Waals surface area contributed by atoms with E-state index in [4.69, 9.17) is 4.74 Å². The van der Waals surface area contributed by atoms with Gasteiger partial charge in [-0.05, 0) is 42.5 Å². The zero-order valence-corrected chi connectivity index (χ0v) is 18.9. The van der Waals surface area contributed by atoms with Crippen molar-refractivity contribution in [1.29, 1.82) is 0 Å².